The second kappa shape index (κ2) is 7.79. The van der Waals surface area contributed by atoms with Gasteiger partial charge in [0.05, 0.1) is 0 Å². The Morgan fingerprint density at radius 3 is 2.72 bits per heavy atom. The van der Waals surface area contributed by atoms with Crippen molar-refractivity contribution in [2.45, 2.75) is 19.9 Å². The number of nitrogens with zero attached hydrogens (tertiary/aromatic N) is 5. The fraction of sp³-hybridized carbons (Fsp3) is 0.316. The van der Waals surface area contributed by atoms with Crippen molar-refractivity contribution in [2.75, 3.05) is 20.6 Å². The number of aromatic nitrogens is 3. The number of guanidine groups is 1. The van der Waals surface area contributed by atoms with Crippen molar-refractivity contribution in [3.05, 3.63) is 65.6 Å². The van der Waals surface area contributed by atoms with Gasteiger partial charge in [-0.2, -0.15) is 0 Å². The standard InChI is InChI=1S/C19H24N6/c1-15-7-9-16(10-8-15)14-24(3)19(20-2)21-12-11-18-23-22-17-6-4-5-13-25(17)18/h4-10,13H,11-12,14H2,1-3H3,(H,20,21). The first-order valence-corrected chi connectivity index (χ1v) is 8.43. The van der Waals surface area contributed by atoms with E-state index in [9.17, 15) is 0 Å². The largest absolute Gasteiger partial charge is 0.356 e. The molecule has 1 aromatic carbocycles. The second-order valence-corrected chi connectivity index (χ2v) is 6.11. The molecule has 130 valence electrons. The van der Waals surface area contributed by atoms with Crippen molar-refractivity contribution in [1.29, 1.82) is 0 Å². The fourth-order valence-corrected chi connectivity index (χ4v) is 2.77. The summed E-state index contributed by atoms with van der Waals surface area (Å²) < 4.78 is 2.01. The van der Waals surface area contributed by atoms with Crippen LogP contribution in [0.25, 0.3) is 5.65 Å². The third kappa shape index (κ3) is 4.15. The highest BCUT2D eigenvalue weighted by molar-refractivity contribution is 5.79. The predicted octanol–water partition coefficient (Wildman–Crippen LogP) is 2.29. The van der Waals surface area contributed by atoms with Crippen LogP contribution in [-0.2, 0) is 13.0 Å². The number of aryl methyl sites for hydroxylation is 1. The molecule has 0 aliphatic heterocycles. The summed E-state index contributed by atoms with van der Waals surface area (Å²) in [7, 11) is 3.85. The zero-order chi connectivity index (χ0) is 17.6. The third-order valence-electron chi connectivity index (χ3n) is 4.13. The Kier molecular flexibility index (Phi) is 5.28. The minimum absolute atomic E-state index is 0.751. The van der Waals surface area contributed by atoms with E-state index >= 15 is 0 Å². The van der Waals surface area contributed by atoms with Crippen LogP contribution >= 0.6 is 0 Å². The van der Waals surface area contributed by atoms with Crippen LogP contribution in [0.15, 0.2) is 53.7 Å². The van der Waals surface area contributed by atoms with Gasteiger partial charge in [0.2, 0.25) is 0 Å². The van der Waals surface area contributed by atoms with Crippen LogP contribution in [0.2, 0.25) is 0 Å². The molecule has 2 aromatic heterocycles. The normalized spacial score (nSPS) is 11.7. The Balaban J connectivity index is 1.56. The van der Waals surface area contributed by atoms with Crippen LogP contribution in [-0.4, -0.2) is 46.1 Å². The van der Waals surface area contributed by atoms with Gasteiger partial charge in [-0.05, 0) is 24.6 Å². The molecule has 6 heteroatoms. The average Bonchev–Trinajstić information content (AvgIpc) is 3.04. The Hall–Kier alpha value is -2.89. The minimum atomic E-state index is 0.751. The monoisotopic (exact) mass is 336 g/mol. The van der Waals surface area contributed by atoms with Crippen molar-refractivity contribution >= 4 is 11.6 Å². The number of aliphatic imine (C=N–C) groups is 1. The Bertz CT molecular complexity index is 850. The molecule has 0 aliphatic rings. The van der Waals surface area contributed by atoms with Crippen LogP contribution in [0.5, 0.6) is 0 Å². The minimum Gasteiger partial charge on any atom is -0.356 e. The lowest BCUT2D eigenvalue weighted by Gasteiger charge is -2.22. The van der Waals surface area contributed by atoms with Gasteiger partial charge in [-0.3, -0.25) is 9.39 Å². The Labute approximate surface area is 148 Å². The molecule has 3 rings (SSSR count). The highest BCUT2D eigenvalue weighted by Gasteiger charge is 2.08. The first-order valence-electron chi connectivity index (χ1n) is 8.43. The summed E-state index contributed by atoms with van der Waals surface area (Å²) in [5.41, 5.74) is 3.41. The van der Waals surface area contributed by atoms with Crippen molar-refractivity contribution in [3.8, 4) is 0 Å². The van der Waals surface area contributed by atoms with E-state index in [0.717, 1.165) is 36.9 Å². The second-order valence-electron chi connectivity index (χ2n) is 6.11. The Morgan fingerprint density at radius 1 is 1.16 bits per heavy atom. The van der Waals surface area contributed by atoms with Gasteiger partial charge in [0, 0.05) is 39.8 Å². The summed E-state index contributed by atoms with van der Waals surface area (Å²) >= 11 is 0. The summed E-state index contributed by atoms with van der Waals surface area (Å²) in [6, 6.07) is 14.5. The van der Waals surface area contributed by atoms with Crippen LogP contribution in [0.1, 0.15) is 17.0 Å². The molecule has 0 atom stereocenters. The number of benzene rings is 1. The van der Waals surface area contributed by atoms with E-state index in [0.29, 0.717) is 0 Å². The first kappa shape index (κ1) is 17.0. The summed E-state index contributed by atoms with van der Waals surface area (Å²) in [4.78, 5) is 6.49. The number of rotatable bonds is 5. The zero-order valence-corrected chi connectivity index (χ0v) is 15.0. The maximum Gasteiger partial charge on any atom is 0.193 e. The summed E-state index contributed by atoms with van der Waals surface area (Å²) in [6.07, 6.45) is 2.77. The zero-order valence-electron chi connectivity index (χ0n) is 15.0. The molecule has 0 radical (unpaired) electrons. The number of fused-ring (bicyclic) bond motifs is 1. The lowest BCUT2D eigenvalue weighted by atomic mass is 10.1. The molecule has 0 aliphatic carbocycles. The van der Waals surface area contributed by atoms with Gasteiger partial charge in [0.1, 0.15) is 5.82 Å². The van der Waals surface area contributed by atoms with Crippen LogP contribution in [0.4, 0.5) is 0 Å². The topological polar surface area (TPSA) is 57.8 Å². The molecule has 1 N–H and O–H groups in total. The first-order chi connectivity index (χ1) is 12.2. The molecule has 2 heterocycles. The third-order valence-corrected chi connectivity index (χ3v) is 4.13. The Morgan fingerprint density at radius 2 is 1.96 bits per heavy atom. The molecule has 0 fully saturated rings. The molecule has 0 spiro atoms. The molecule has 3 aromatic rings. The molecule has 0 saturated heterocycles. The quantitative estimate of drug-likeness (QED) is 0.574. The van der Waals surface area contributed by atoms with Crippen molar-refractivity contribution in [1.82, 2.24) is 24.8 Å². The fourth-order valence-electron chi connectivity index (χ4n) is 2.77. The summed E-state index contributed by atoms with van der Waals surface area (Å²) in [5.74, 6) is 1.81. The van der Waals surface area contributed by atoms with Gasteiger partial charge >= 0.3 is 0 Å². The van der Waals surface area contributed by atoms with Crippen LogP contribution in [0, 0.1) is 6.92 Å². The maximum atomic E-state index is 4.37. The van der Waals surface area contributed by atoms with Gasteiger partial charge in [0.25, 0.3) is 0 Å². The van der Waals surface area contributed by atoms with Crippen LogP contribution in [0.3, 0.4) is 0 Å². The highest BCUT2D eigenvalue weighted by Crippen LogP contribution is 2.06. The average molecular weight is 336 g/mol. The number of pyridine rings is 1. The molecule has 6 nitrogen and oxygen atoms in total. The molecular weight excluding hydrogens is 312 g/mol. The maximum absolute atomic E-state index is 4.37. The number of hydrogen-bond acceptors (Lipinski definition) is 3. The SMILES string of the molecule is CN=C(NCCc1nnc2ccccn12)N(C)Cc1ccc(C)cc1. The lowest BCUT2D eigenvalue weighted by Crippen LogP contribution is -2.39. The lowest BCUT2D eigenvalue weighted by molar-refractivity contribution is 0.476. The van der Waals surface area contributed by atoms with E-state index in [2.05, 4.69) is 56.6 Å². The molecular formula is C19H24N6. The molecule has 0 bridgehead atoms. The summed E-state index contributed by atoms with van der Waals surface area (Å²) in [5, 5.41) is 11.8. The van der Waals surface area contributed by atoms with E-state index in [1.807, 2.05) is 35.8 Å². The van der Waals surface area contributed by atoms with Gasteiger partial charge in [-0.1, -0.05) is 35.9 Å². The molecule has 0 amide bonds. The van der Waals surface area contributed by atoms with Gasteiger partial charge < -0.3 is 10.2 Å². The highest BCUT2D eigenvalue weighted by atomic mass is 15.3. The van der Waals surface area contributed by atoms with E-state index in [1.165, 1.54) is 11.1 Å². The van der Waals surface area contributed by atoms with E-state index in [4.69, 9.17) is 0 Å². The van der Waals surface area contributed by atoms with Gasteiger partial charge in [-0.15, -0.1) is 10.2 Å². The van der Waals surface area contributed by atoms with Crippen molar-refractivity contribution in [3.63, 3.8) is 0 Å². The number of nitrogens with one attached hydrogen (secondary N) is 1. The molecule has 25 heavy (non-hydrogen) atoms. The van der Waals surface area contributed by atoms with Gasteiger partial charge in [0.15, 0.2) is 11.6 Å². The van der Waals surface area contributed by atoms with E-state index < -0.39 is 0 Å². The van der Waals surface area contributed by atoms with E-state index in [1.54, 1.807) is 7.05 Å². The number of hydrogen-bond donors (Lipinski definition) is 1. The molecule has 0 saturated carbocycles. The predicted molar refractivity (Wildman–Crippen MR) is 101 cm³/mol. The van der Waals surface area contributed by atoms with Crippen molar-refractivity contribution < 1.29 is 0 Å². The van der Waals surface area contributed by atoms with Crippen LogP contribution < -0.4 is 5.32 Å². The van der Waals surface area contributed by atoms with Crippen molar-refractivity contribution in [2.24, 2.45) is 4.99 Å². The summed E-state index contributed by atoms with van der Waals surface area (Å²) in [6.45, 7) is 3.66. The van der Waals surface area contributed by atoms with Gasteiger partial charge in [-0.25, -0.2) is 0 Å². The smallest absolute Gasteiger partial charge is 0.193 e. The molecule has 0 unspecified atom stereocenters. The van der Waals surface area contributed by atoms with E-state index in [-0.39, 0.29) is 0 Å².